The molecule has 1 aromatic heterocycles. The van der Waals surface area contributed by atoms with E-state index in [0.29, 0.717) is 27.4 Å². The van der Waals surface area contributed by atoms with E-state index < -0.39 is 0 Å². The number of carbonyl (C=O) groups excluding carboxylic acids is 1. The van der Waals surface area contributed by atoms with E-state index in [0.717, 1.165) is 11.4 Å². The van der Waals surface area contributed by atoms with Gasteiger partial charge in [0.2, 0.25) is 5.91 Å². The third kappa shape index (κ3) is 4.96. The summed E-state index contributed by atoms with van der Waals surface area (Å²) in [5.41, 5.74) is 1.40. The minimum absolute atomic E-state index is 0.167. The summed E-state index contributed by atoms with van der Waals surface area (Å²) in [4.78, 5) is 16.8. The molecule has 0 bridgehead atoms. The molecule has 0 fully saturated rings. The monoisotopic (exact) mass is 433 g/mol. The zero-order valence-electron chi connectivity index (χ0n) is 16.1. The predicted octanol–water partition coefficient (Wildman–Crippen LogP) is 4.28. The van der Waals surface area contributed by atoms with E-state index in [4.69, 9.17) is 25.8 Å². The van der Waals surface area contributed by atoms with Gasteiger partial charge in [-0.05, 0) is 30.3 Å². The molecule has 9 heteroatoms. The number of benzene rings is 2. The first-order chi connectivity index (χ1) is 14.0. The van der Waals surface area contributed by atoms with E-state index in [1.807, 2.05) is 35.0 Å². The van der Waals surface area contributed by atoms with Gasteiger partial charge in [0, 0.05) is 24.1 Å². The summed E-state index contributed by atoms with van der Waals surface area (Å²) >= 11 is 7.47. The standard InChI is InChI=1S/C20H20ClN3O4S/c1-26-14-6-4-13(5-7-14)24-9-8-22-20(24)29-12-19(25)23-16-10-15(21)17(27-2)11-18(16)28-3/h4-11H,12H2,1-3H3,(H,23,25). The fraction of sp³-hybridized carbons (Fsp3) is 0.200. The van der Waals surface area contributed by atoms with Crippen molar-refractivity contribution in [1.82, 2.24) is 9.55 Å². The van der Waals surface area contributed by atoms with Crippen LogP contribution in [0.2, 0.25) is 5.02 Å². The lowest BCUT2D eigenvalue weighted by Gasteiger charge is -2.13. The van der Waals surface area contributed by atoms with Gasteiger partial charge in [0.1, 0.15) is 17.2 Å². The van der Waals surface area contributed by atoms with Crippen LogP contribution in [0.25, 0.3) is 5.69 Å². The molecule has 1 amide bonds. The van der Waals surface area contributed by atoms with Gasteiger partial charge in [0.25, 0.3) is 0 Å². The minimum Gasteiger partial charge on any atom is -0.497 e. The Hall–Kier alpha value is -2.84. The van der Waals surface area contributed by atoms with Crippen LogP contribution in [0.3, 0.4) is 0 Å². The van der Waals surface area contributed by atoms with E-state index in [2.05, 4.69) is 10.3 Å². The second-order valence-corrected chi connectivity index (χ2v) is 7.15. The zero-order valence-corrected chi connectivity index (χ0v) is 17.7. The maximum Gasteiger partial charge on any atom is 0.234 e. The Morgan fingerprint density at radius 2 is 1.83 bits per heavy atom. The summed E-state index contributed by atoms with van der Waals surface area (Å²) in [5, 5.41) is 3.89. The number of aromatic nitrogens is 2. The van der Waals surface area contributed by atoms with Crippen LogP contribution >= 0.6 is 23.4 Å². The number of imidazole rings is 1. The zero-order chi connectivity index (χ0) is 20.8. The molecule has 0 spiro atoms. The Bertz CT molecular complexity index is 992. The third-order valence-corrected chi connectivity index (χ3v) is 5.30. The number of hydrogen-bond acceptors (Lipinski definition) is 6. The number of amides is 1. The lowest BCUT2D eigenvalue weighted by molar-refractivity contribution is -0.113. The average molecular weight is 434 g/mol. The van der Waals surface area contributed by atoms with Crippen LogP contribution in [-0.2, 0) is 4.79 Å². The van der Waals surface area contributed by atoms with Crippen molar-refractivity contribution in [3.63, 3.8) is 0 Å². The number of carbonyl (C=O) groups is 1. The maximum atomic E-state index is 12.5. The van der Waals surface area contributed by atoms with E-state index >= 15 is 0 Å². The van der Waals surface area contributed by atoms with Gasteiger partial charge < -0.3 is 19.5 Å². The summed E-state index contributed by atoms with van der Waals surface area (Å²) in [6.45, 7) is 0. The van der Waals surface area contributed by atoms with Crippen molar-refractivity contribution in [3.05, 3.63) is 53.8 Å². The molecule has 0 aliphatic heterocycles. The number of anilines is 1. The number of nitrogens with one attached hydrogen (secondary N) is 1. The molecule has 0 saturated carbocycles. The summed E-state index contributed by atoms with van der Waals surface area (Å²) in [6, 6.07) is 10.8. The van der Waals surface area contributed by atoms with Crippen LogP contribution in [-0.4, -0.2) is 42.5 Å². The summed E-state index contributed by atoms with van der Waals surface area (Å²) in [7, 11) is 4.65. The molecule has 152 valence electrons. The fourth-order valence-corrected chi connectivity index (χ4v) is 3.62. The van der Waals surface area contributed by atoms with Gasteiger partial charge in [0.15, 0.2) is 5.16 Å². The molecule has 3 rings (SSSR count). The fourth-order valence-electron chi connectivity index (χ4n) is 2.61. The molecule has 0 aliphatic carbocycles. The number of ether oxygens (including phenoxy) is 3. The molecular formula is C20H20ClN3O4S. The van der Waals surface area contributed by atoms with E-state index in [1.165, 1.54) is 26.0 Å². The summed E-state index contributed by atoms with van der Waals surface area (Å²) in [5.74, 6) is 1.66. The van der Waals surface area contributed by atoms with Crippen molar-refractivity contribution in [1.29, 1.82) is 0 Å². The molecule has 0 unspecified atom stereocenters. The molecule has 0 saturated heterocycles. The lowest BCUT2D eigenvalue weighted by Crippen LogP contribution is -2.15. The van der Waals surface area contributed by atoms with Crippen molar-refractivity contribution < 1.29 is 19.0 Å². The van der Waals surface area contributed by atoms with E-state index in [9.17, 15) is 4.79 Å². The molecule has 0 aliphatic rings. The number of thioether (sulfide) groups is 1. The van der Waals surface area contributed by atoms with Crippen molar-refractivity contribution in [3.8, 4) is 22.9 Å². The predicted molar refractivity (Wildman–Crippen MR) is 114 cm³/mol. The molecule has 29 heavy (non-hydrogen) atoms. The lowest BCUT2D eigenvalue weighted by atomic mass is 10.2. The summed E-state index contributed by atoms with van der Waals surface area (Å²) in [6.07, 6.45) is 3.53. The highest BCUT2D eigenvalue weighted by atomic mass is 35.5. The first-order valence-electron chi connectivity index (χ1n) is 8.57. The minimum atomic E-state index is -0.209. The molecule has 1 N–H and O–H groups in total. The van der Waals surface area contributed by atoms with Gasteiger partial charge in [-0.3, -0.25) is 9.36 Å². The van der Waals surface area contributed by atoms with E-state index in [1.54, 1.807) is 25.4 Å². The molecule has 7 nitrogen and oxygen atoms in total. The van der Waals surface area contributed by atoms with Crippen LogP contribution in [0, 0.1) is 0 Å². The highest BCUT2D eigenvalue weighted by Gasteiger charge is 2.14. The number of halogens is 1. The first kappa shape index (κ1) is 20.9. The molecule has 0 atom stereocenters. The Balaban J connectivity index is 1.68. The van der Waals surface area contributed by atoms with Gasteiger partial charge in [0.05, 0.1) is 37.8 Å². The van der Waals surface area contributed by atoms with Crippen molar-refractivity contribution in [2.24, 2.45) is 0 Å². The van der Waals surface area contributed by atoms with E-state index in [-0.39, 0.29) is 11.7 Å². The molecule has 3 aromatic rings. The Labute approximate surface area is 177 Å². The van der Waals surface area contributed by atoms with Crippen LogP contribution in [0.15, 0.2) is 53.9 Å². The highest BCUT2D eigenvalue weighted by Crippen LogP contribution is 2.36. The average Bonchev–Trinajstić information content (AvgIpc) is 3.21. The number of hydrogen-bond donors (Lipinski definition) is 1. The summed E-state index contributed by atoms with van der Waals surface area (Å²) < 4.78 is 17.6. The van der Waals surface area contributed by atoms with Gasteiger partial charge in [-0.15, -0.1) is 0 Å². The van der Waals surface area contributed by atoms with Gasteiger partial charge >= 0.3 is 0 Å². The number of methoxy groups -OCH3 is 3. The topological polar surface area (TPSA) is 74.6 Å². The van der Waals surface area contributed by atoms with Crippen molar-refractivity contribution >= 4 is 35.0 Å². The second kappa shape index (κ2) is 9.58. The molecular weight excluding hydrogens is 414 g/mol. The SMILES string of the molecule is COc1ccc(-n2ccnc2SCC(=O)Nc2cc(Cl)c(OC)cc2OC)cc1. The maximum absolute atomic E-state index is 12.5. The van der Waals surface area contributed by atoms with Crippen LogP contribution in [0.1, 0.15) is 0 Å². The Morgan fingerprint density at radius 3 is 2.48 bits per heavy atom. The first-order valence-corrected chi connectivity index (χ1v) is 9.94. The van der Waals surface area contributed by atoms with Gasteiger partial charge in [-0.1, -0.05) is 23.4 Å². The third-order valence-electron chi connectivity index (χ3n) is 4.04. The highest BCUT2D eigenvalue weighted by molar-refractivity contribution is 7.99. The smallest absolute Gasteiger partial charge is 0.234 e. The van der Waals surface area contributed by atoms with Crippen LogP contribution in [0.5, 0.6) is 17.2 Å². The quantitative estimate of drug-likeness (QED) is 0.534. The number of nitrogens with zero attached hydrogens (tertiary/aromatic N) is 2. The van der Waals surface area contributed by atoms with Crippen molar-refractivity contribution in [2.45, 2.75) is 5.16 Å². The second-order valence-electron chi connectivity index (χ2n) is 5.80. The van der Waals surface area contributed by atoms with Gasteiger partial charge in [-0.2, -0.15) is 0 Å². The van der Waals surface area contributed by atoms with Crippen LogP contribution < -0.4 is 19.5 Å². The van der Waals surface area contributed by atoms with Crippen molar-refractivity contribution in [2.75, 3.05) is 32.4 Å². The largest absolute Gasteiger partial charge is 0.497 e. The molecule has 2 aromatic carbocycles. The Kier molecular flexibility index (Phi) is 6.90. The Morgan fingerprint density at radius 1 is 1.10 bits per heavy atom. The van der Waals surface area contributed by atoms with Gasteiger partial charge in [-0.25, -0.2) is 4.98 Å². The molecule has 1 heterocycles. The normalized spacial score (nSPS) is 10.5. The van der Waals surface area contributed by atoms with Crippen LogP contribution in [0.4, 0.5) is 5.69 Å². The molecule has 0 radical (unpaired) electrons. The number of rotatable bonds is 8.